The standard InChI is InChI=1S/C13H19N3O2S/c1-10-8-16(6-5-14-10)12(17)2-4-15-13(18)11-3-7-19-9-11/h3,7,9-10,14H,2,4-6,8H2,1H3,(H,15,18). The predicted molar refractivity (Wildman–Crippen MR) is 75.3 cm³/mol. The van der Waals surface area contributed by atoms with Crippen molar-refractivity contribution in [3.63, 3.8) is 0 Å². The number of nitrogens with one attached hydrogen (secondary N) is 2. The Bertz CT molecular complexity index is 433. The molecule has 0 aliphatic carbocycles. The van der Waals surface area contributed by atoms with Crippen molar-refractivity contribution in [3.05, 3.63) is 22.4 Å². The van der Waals surface area contributed by atoms with Crippen LogP contribution in [0.25, 0.3) is 0 Å². The van der Waals surface area contributed by atoms with Crippen LogP contribution in [0.3, 0.4) is 0 Å². The molecule has 0 saturated carbocycles. The van der Waals surface area contributed by atoms with Crippen LogP contribution >= 0.6 is 11.3 Å². The highest BCUT2D eigenvalue weighted by atomic mass is 32.1. The first-order valence-corrected chi connectivity index (χ1v) is 7.42. The maximum absolute atomic E-state index is 12.0. The SMILES string of the molecule is CC1CN(C(=O)CCNC(=O)c2ccsc2)CCN1. The average molecular weight is 281 g/mol. The zero-order valence-corrected chi connectivity index (χ0v) is 11.8. The van der Waals surface area contributed by atoms with E-state index in [0.717, 1.165) is 19.6 Å². The molecule has 104 valence electrons. The van der Waals surface area contributed by atoms with Crippen LogP contribution < -0.4 is 10.6 Å². The van der Waals surface area contributed by atoms with E-state index in [0.29, 0.717) is 24.6 Å². The highest BCUT2D eigenvalue weighted by Gasteiger charge is 2.20. The summed E-state index contributed by atoms with van der Waals surface area (Å²) in [4.78, 5) is 25.5. The highest BCUT2D eigenvalue weighted by Crippen LogP contribution is 2.05. The molecule has 2 amide bonds. The monoisotopic (exact) mass is 281 g/mol. The van der Waals surface area contributed by atoms with E-state index < -0.39 is 0 Å². The molecule has 19 heavy (non-hydrogen) atoms. The molecule has 0 bridgehead atoms. The van der Waals surface area contributed by atoms with Crippen molar-refractivity contribution in [3.8, 4) is 0 Å². The number of carbonyl (C=O) groups excluding carboxylic acids is 2. The lowest BCUT2D eigenvalue weighted by Gasteiger charge is -2.32. The zero-order valence-electron chi connectivity index (χ0n) is 11.0. The van der Waals surface area contributed by atoms with E-state index >= 15 is 0 Å². The summed E-state index contributed by atoms with van der Waals surface area (Å²) >= 11 is 1.49. The number of amides is 2. The third-order valence-electron chi connectivity index (χ3n) is 3.13. The largest absolute Gasteiger partial charge is 0.351 e. The fourth-order valence-electron chi connectivity index (χ4n) is 2.10. The molecular formula is C13H19N3O2S. The van der Waals surface area contributed by atoms with Gasteiger partial charge in [-0.1, -0.05) is 0 Å². The minimum atomic E-state index is -0.109. The van der Waals surface area contributed by atoms with Crippen molar-refractivity contribution in [2.75, 3.05) is 26.2 Å². The average Bonchev–Trinajstić information content (AvgIpc) is 2.92. The minimum Gasteiger partial charge on any atom is -0.351 e. The minimum absolute atomic E-state index is 0.109. The molecule has 2 N–H and O–H groups in total. The zero-order chi connectivity index (χ0) is 13.7. The molecule has 1 aliphatic rings. The van der Waals surface area contributed by atoms with Crippen LogP contribution in [0.4, 0.5) is 0 Å². The number of nitrogens with zero attached hydrogens (tertiary/aromatic N) is 1. The van der Waals surface area contributed by atoms with E-state index in [1.165, 1.54) is 11.3 Å². The summed E-state index contributed by atoms with van der Waals surface area (Å²) in [6, 6.07) is 2.12. The summed E-state index contributed by atoms with van der Waals surface area (Å²) in [5, 5.41) is 9.73. The lowest BCUT2D eigenvalue weighted by molar-refractivity contribution is -0.132. The van der Waals surface area contributed by atoms with Crippen molar-refractivity contribution in [1.82, 2.24) is 15.5 Å². The van der Waals surface area contributed by atoms with Crippen LogP contribution in [0.15, 0.2) is 16.8 Å². The maximum atomic E-state index is 12.0. The number of hydrogen-bond acceptors (Lipinski definition) is 4. The molecule has 1 aromatic rings. The molecular weight excluding hydrogens is 262 g/mol. The van der Waals surface area contributed by atoms with Gasteiger partial charge in [0.1, 0.15) is 0 Å². The normalized spacial score (nSPS) is 19.2. The van der Waals surface area contributed by atoms with E-state index in [-0.39, 0.29) is 11.8 Å². The lowest BCUT2D eigenvalue weighted by atomic mass is 10.2. The summed E-state index contributed by atoms with van der Waals surface area (Å²) in [5.74, 6) is 0.00157. The number of rotatable bonds is 4. The van der Waals surface area contributed by atoms with Crippen LogP contribution in [-0.2, 0) is 4.79 Å². The van der Waals surface area contributed by atoms with Crippen molar-refractivity contribution < 1.29 is 9.59 Å². The van der Waals surface area contributed by atoms with Gasteiger partial charge >= 0.3 is 0 Å². The van der Waals surface area contributed by atoms with Crippen LogP contribution in [0.2, 0.25) is 0 Å². The molecule has 1 aliphatic heterocycles. The van der Waals surface area contributed by atoms with Crippen LogP contribution in [0, 0.1) is 0 Å². The van der Waals surface area contributed by atoms with Crippen molar-refractivity contribution in [2.24, 2.45) is 0 Å². The Kier molecular flexibility index (Phi) is 4.93. The summed E-state index contributed by atoms with van der Waals surface area (Å²) in [5.41, 5.74) is 0.660. The van der Waals surface area contributed by atoms with Gasteiger partial charge in [0.05, 0.1) is 0 Å². The van der Waals surface area contributed by atoms with Crippen molar-refractivity contribution in [1.29, 1.82) is 0 Å². The second kappa shape index (κ2) is 6.68. The molecule has 1 aromatic heterocycles. The maximum Gasteiger partial charge on any atom is 0.252 e. The predicted octanol–water partition coefficient (Wildman–Crippen LogP) is 0.688. The molecule has 1 saturated heterocycles. The molecule has 1 fully saturated rings. The Morgan fingerprint density at radius 1 is 1.58 bits per heavy atom. The number of carbonyl (C=O) groups is 2. The Morgan fingerprint density at radius 3 is 3.11 bits per heavy atom. The summed E-state index contributed by atoms with van der Waals surface area (Å²) < 4.78 is 0. The third kappa shape index (κ3) is 4.04. The Hall–Kier alpha value is -1.40. The molecule has 0 spiro atoms. The van der Waals surface area contributed by atoms with Crippen LogP contribution in [0.5, 0.6) is 0 Å². The van der Waals surface area contributed by atoms with Gasteiger partial charge < -0.3 is 15.5 Å². The quantitative estimate of drug-likeness (QED) is 0.853. The fraction of sp³-hybridized carbons (Fsp3) is 0.538. The van der Waals surface area contributed by atoms with Gasteiger partial charge in [0, 0.05) is 49.6 Å². The Labute approximate surface area is 117 Å². The van der Waals surface area contributed by atoms with E-state index in [4.69, 9.17) is 0 Å². The molecule has 6 heteroatoms. The second-order valence-electron chi connectivity index (χ2n) is 4.71. The first kappa shape index (κ1) is 14.0. The number of hydrogen-bond donors (Lipinski definition) is 2. The summed E-state index contributed by atoms with van der Waals surface area (Å²) in [6.07, 6.45) is 0.364. The molecule has 2 heterocycles. The van der Waals surface area contributed by atoms with E-state index in [1.807, 2.05) is 10.3 Å². The first-order chi connectivity index (χ1) is 9.16. The Balaban J connectivity index is 1.70. The van der Waals surface area contributed by atoms with Gasteiger partial charge in [-0.15, -0.1) is 0 Å². The smallest absolute Gasteiger partial charge is 0.252 e. The van der Waals surface area contributed by atoms with Crippen LogP contribution in [-0.4, -0.2) is 48.9 Å². The second-order valence-corrected chi connectivity index (χ2v) is 5.49. The molecule has 1 atom stereocenters. The van der Waals surface area contributed by atoms with E-state index in [1.54, 1.807) is 11.4 Å². The highest BCUT2D eigenvalue weighted by molar-refractivity contribution is 7.08. The van der Waals surface area contributed by atoms with Gasteiger partial charge in [0.15, 0.2) is 0 Å². The number of thiophene rings is 1. The molecule has 0 aromatic carbocycles. The molecule has 0 radical (unpaired) electrons. The first-order valence-electron chi connectivity index (χ1n) is 6.48. The van der Waals surface area contributed by atoms with Gasteiger partial charge in [0.25, 0.3) is 5.91 Å². The number of piperazine rings is 1. The summed E-state index contributed by atoms with van der Waals surface area (Å²) in [7, 11) is 0. The Morgan fingerprint density at radius 2 is 2.42 bits per heavy atom. The lowest BCUT2D eigenvalue weighted by Crippen LogP contribution is -2.51. The van der Waals surface area contributed by atoms with Gasteiger partial charge in [-0.25, -0.2) is 0 Å². The van der Waals surface area contributed by atoms with Gasteiger partial charge in [-0.05, 0) is 18.4 Å². The van der Waals surface area contributed by atoms with Gasteiger partial charge in [-0.2, -0.15) is 11.3 Å². The van der Waals surface area contributed by atoms with E-state index in [2.05, 4.69) is 17.6 Å². The topological polar surface area (TPSA) is 61.4 Å². The van der Waals surface area contributed by atoms with Crippen molar-refractivity contribution in [2.45, 2.75) is 19.4 Å². The van der Waals surface area contributed by atoms with E-state index in [9.17, 15) is 9.59 Å². The summed E-state index contributed by atoms with van der Waals surface area (Å²) in [6.45, 7) is 4.80. The molecule has 1 unspecified atom stereocenters. The third-order valence-corrected chi connectivity index (χ3v) is 3.81. The van der Waals surface area contributed by atoms with Gasteiger partial charge in [-0.3, -0.25) is 9.59 Å². The van der Waals surface area contributed by atoms with Crippen LogP contribution in [0.1, 0.15) is 23.7 Å². The van der Waals surface area contributed by atoms with Crippen molar-refractivity contribution >= 4 is 23.2 Å². The molecule has 5 nitrogen and oxygen atoms in total. The molecule has 2 rings (SSSR count). The van der Waals surface area contributed by atoms with Gasteiger partial charge in [0.2, 0.25) is 5.91 Å². The fourth-order valence-corrected chi connectivity index (χ4v) is 2.73.